The van der Waals surface area contributed by atoms with Gasteiger partial charge in [-0.2, -0.15) is 5.26 Å². The van der Waals surface area contributed by atoms with E-state index in [-0.39, 0.29) is 29.6 Å². The first-order valence-corrected chi connectivity index (χ1v) is 12.0. The number of rotatable bonds is 8. The van der Waals surface area contributed by atoms with Gasteiger partial charge in [-0.05, 0) is 42.0 Å². The van der Waals surface area contributed by atoms with E-state index in [0.29, 0.717) is 44.3 Å². The first-order valence-electron chi connectivity index (χ1n) is 10.2. The summed E-state index contributed by atoms with van der Waals surface area (Å²) in [6.45, 7) is 7.65. The molecular weight excluding hydrogens is 507 g/mol. The Morgan fingerprint density at radius 3 is 2.46 bits per heavy atom. The van der Waals surface area contributed by atoms with Gasteiger partial charge in [-0.15, -0.1) is 0 Å². The fraction of sp³-hybridized carbons (Fsp3) is 0.120. The molecule has 0 saturated heterocycles. The Morgan fingerprint density at radius 1 is 1.09 bits per heavy atom. The molecule has 0 atom stereocenters. The third-order valence-electron chi connectivity index (χ3n) is 4.82. The predicted octanol–water partition coefficient (Wildman–Crippen LogP) is 6.80. The fourth-order valence-electron chi connectivity index (χ4n) is 3.24. The number of nitrogens with zero attached hydrogens (tertiary/aromatic N) is 4. The Bertz CT molecular complexity index is 1430. The summed E-state index contributed by atoms with van der Waals surface area (Å²) >= 11 is 13.6. The zero-order chi connectivity index (χ0) is 24.8. The monoisotopic (exact) mass is 522 g/mol. The lowest BCUT2D eigenvalue weighted by Gasteiger charge is -2.13. The molecule has 4 aromatic rings. The van der Waals surface area contributed by atoms with Crippen LogP contribution >= 0.6 is 35.0 Å². The maximum absolute atomic E-state index is 9.97. The molecule has 0 aliphatic heterocycles. The van der Waals surface area contributed by atoms with Crippen molar-refractivity contribution in [2.75, 3.05) is 13.2 Å². The second-order valence-electron chi connectivity index (χ2n) is 7.07. The number of aliphatic hydroxyl groups excluding tert-OH is 1. The Balaban J connectivity index is 1.63. The number of oxazole rings is 1. The lowest BCUT2D eigenvalue weighted by atomic mass is 10.0. The normalized spacial score (nSPS) is 10.5. The predicted molar refractivity (Wildman–Crippen MR) is 135 cm³/mol. The summed E-state index contributed by atoms with van der Waals surface area (Å²) in [4.78, 5) is 12.3. The number of thioether (sulfide) groups is 1. The summed E-state index contributed by atoms with van der Waals surface area (Å²) in [6, 6.07) is 16.2. The largest absolute Gasteiger partial charge is 0.491 e. The van der Waals surface area contributed by atoms with Crippen molar-refractivity contribution in [3.63, 3.8) is 0 Å². The lowest BCUT2D eigenvalue weighted by Crippen LogP contribution is -2.01. The van der Waals surface area contributed by atoms with Crippen molar-refractivity contribution in [2.24, 2.45) is 0 Å². The van der Waals surface area contributed by atoms with Gasteiger partial charge < -0.3 is 14.3 Å². The van der Waals surface area contributed by atoms with E-state index in [9.17, 15) is 5.26 Å². The zero-order valence-corrected chi connectivity index (χ0v) is 20.4. The molecule has 7 nitrogen and oxygen atoms in total. The summed E-state index contributed by atoms with van der Waals surface area (Å²) in [5.41, 5.74) is 2.82. The summed E-state index contributed by atoms with van der Waals surface area (Å²) in [5, 5.41) is 19.9. The van der Waals surface area contributed by atoms with Crippen molar-refractivity contribution in [1.29, 1.82) is 5.26 Å². The van der Waals surface area contributed by atoms with E-state index >= 15 is 0 Å². The molecule has 174 valence electrons. The van der Waals surface area contributed by atoms with Gasteiger partial charge in [-0.25, -0.2) is 14.8 Å². The van der Waals surface area contributed by atoms with Crippen molar-refractivity contribution in [2.45, 2.75) is 10.8 Å². The van der Waals surface area contributed by atoms with Crippen LogP contribution in [0.15, 0.2) is 64.2 Å². The summed E-state index contributed by atoms with van der Waals surface area (Å²) in [5.74, 6) is 1.39. The van der Waals surface area contributed by atoms with Crippen LogP contribution < -0.4 is 4.74 Å². The first-order chi connectivity index (χ1) is 17.0. The molecule has 2 heterocycles. The fourth-order valence-corrected chi connectivity index (χ4v) is 4.50. The molecule has 0 unspecified atom stereocenters. The third-order valence-corrected chi connectivity index (χ3v) is 6.35. The Kier molecular flexibility index (Phi) is 7.91. The second-order valence-corrected chi connectivity index (χ2v) is 8.82. The minimum atomic E-state index is -0.102. The number of pyridine rings is 1. The molecule has 1 N–H and O–H groups in total. The van der Waals surface area contributed by atoms with Crippen LogP contribution in [0.2, 0.25) is 10.2 Å². The molecule has 4 rings (SSSR count). The first kappa shape index (κ1) is 24.6. The Labute approximate surface area is 215 Å². The Hall–Kier alpha value is -3.53. The van der Waals surface area contributed by atoms with Gasteiger partial charge in [0.2, 0.25) is 11.6 Å². The number of hydrogen-bond donors (Lipinski definition) is 1. The summed E-state index contributed by atoms with van der Waals surface area (Å²) in [6.07, 6.45) is 1.55. The highest BCUT2D eigenvalue weighted by Crippen LogP contribution is 2.42. The quantitative estimate of drug-likeness (QED) is 0.154. The van der Waals surface area contributed by atoms with Crippen molar-refractivity contribution < 1.29 is 14.3 Å². The number of ether oxygens (including phenoxy) is 1. The highest BCUT2D eigenvalue weighted by atomic mass is 35.5. The van der Waals surface area contributed by atoms with Crippen LogP contribution in [0.1, 0.15) is 11.3 Å². The average Bonchev–Trinajstić information content (AvgIpc) is 3.35. The van der Waals surface area contributed by atoms with Crippen LogP contribution in [0.5, 0.6) is 5.75 Å². The van der Waals surface area contributed by atoms with Crippen LogP contribution in [0.25, 0.3) is 27.4 Å². The maximum atomic E-state index is 9.97. The molecule has 2 aromatic heterocycles. The molecular formula is C25H16Cl2N4O3S. The molecule has 0 aliphatic rings. The molecule has 10 heteroatoms. The smallest absolute Gasteiger partial charge is 0.232 e. The highest BCUT2D eigenvalue weighted by molar-refractivity contribution is 7.98. The SMILES string of the molecule is [C-]#[N+]c1c(Cl)nc(SCc2coc(-c3ccc(Cl)cc3)n2)c(C#N)c1-c1ccc(OCCO)cc1. The maximum Gasteiger partial charge on any atom is 0.232 e. The van der Waals surface area contributed by atoms with Crippen LogP contribution in [-0.4, -0.2) is 28.3 Å². The van der Waals surface area contributed by atoms with Crippen LogP contribution in [0, 0.1) is 17.9 Å². The van der Waals surface area contributed by atoms with Crippen molar-refractivity contribution >= 4 is 40.7 Å². The van der Waals surface area contributed by atoms with Gasteiger partial charge >= 0.3 is 0 Å². The van der Waals surface area contributed by atoms with Gasteiger partial charge in [0, 0.05) is 21.9 Å². The number of aromatic nitrogens is 2. The van der Waals surface area contributed by atoms with Gasteiger partial charge in [0.15, 0.2) is 0 Å². The molecule has 0 saturated carbocycles. The molecule has 0 spiro atoms. The highest BCUT2D eigenvalue weighted by Gasteiger charge is 2.21. The third kappa shape index (κ3) is 5.59. The van der Waals surface area contributed by atoms with E-state index in [1.54, 1.807) is 42.7 Å². The number of benzene rings is 2. The van der Waals surface area contributed by atoms with Gasteiger partial charge in [0.25, 0.3) is 0 Å². The topological polar surface area (TPSA) is 96.5 Å². The van der Waals surface area contributed by atoms with Crippen molar-refractivity contribution in [3.8, 4) is 34.4 Å². The molecule has 35 heavy (non-hydrogen) atoms. The van der Waals surface area contributed by atoms with E-state index in [1.807, 2.05) is 12.1 Å². The number of nitriles is 1. The summed E-state index contributed by atoms with van der Waals surface area (Å²) in [7, 11) is 0. The van der Waals surface area contributed by atoms with E-state index in [1.165, 1.54) is 11.8 Å². The van der Waals surface area contributed by atoms with Crippen LogP contribution in [0.4, 0.5) is 5.69 Å². The standard InChI is InChI=1S/C25H16Cl2N4O3S/c1-29-22-21(15-4-8-19(9-5-15)33-11-10-32)20(12-28)25(31-23(22)27)35-14-18-13-34-24(30-18)16-2-6-17(26)7-3-16/h2-9,13,32H,10-11,14H2. The summed E-state index contributed by atoms with van der Waals surface area (Å²) < 4.78 is 11.0. The molecule has 0 bridgehead atoms. The van der Waals surface area contributed by atoms with E-state index in [2.05, 4.69) is 20.9 Å². The van der Waals surface area contributed by atoms with Crippen molar-refractivity contribution in [3.05, 3.63) is 87.6 Å². The minimum absolute atomic E-state index is 0.0131. The zero-order valence-electron chi connectivity index (χ0n) is 18.0. The van der Waals surface area contributed by atoms with Gasteiger partial charge in [0.05, 0.1) is 24.4 Å². The minimum Gasteiger partial charge on any atom is -0.491 e. The molecule has 2 aromatic carbocycles. The second kappa shape index (κ2) is 11.3. The van der Waals surface area contributed by atoms with Gasteiger partial charge in [-0.1, -0.05) is 47.1 Å². The number of halogens is 2. The lowest BCUT2D eigenvalue weighted by molar-refractivity contribution is 0.201. The van der Waals surface area contributed by atoms with Crippen molar-refractivity contribution in [1.82, 2.24) is 9.97 Å². The van der Waals surface area contributed by atoms with E-state index in [4.69, 9.17) is 44.0 Å². The van der Waals surface area contributed by atoms with Crippen LogP contribution in [0.3, 0.4) is 0 Å². The number of aliphatic hydroxyl groups is 1. The molecule has 0 aliphatic carbocycles. The van der Waals surface area contributed by atoms with Gasteiger partial charge in [0.1, 0.15) is 34.9 Å². The molecule has 0 fully saturated rings. The Morgan fingerprint density at radius 2 is 1.80 bits per heavy atom. The molecule has 0 radical (unpaired) electrons. The molecule has 0 amide bonds. The average molecular weight is 523 g/mol. The number of hydrogen-bond acceptors (Lipinski definition) is 7. The van der Waals surface area contributed by atoms with Crippen LogP contribution in [-0.2, 0) is 5.75 Å². The van der Waals surface area contributed by atoms with E-state index in [0.717, 1.165) is 5.56 Å². The van der Waals surface area contributed by atoms with E-state index < -0.39 is 0 Å². The van der Waals surface area contributed by atoms with Gasteiger partial charge in [-0.3, -0.25) is 0 Å².